The van der Waals surface area contributed by atoms with Crippen molar-refractivity contribution in [3.63, 3.8) is 0 Å². The minimum absolute atomic E-state index is 0.146. The summed E-state index contributed by atoms with van der Waals surface area (Å²) in [5, 5.41) is 1.10. The lowest BCUT2D eigenvalue weighted by molar-refractivity contribution is -0.133. The van der Waals surface area contributed by atoms with E-state index in [0.717, 1.165) is 21.4 Å². The van der Waals surface area contributed by atoms with Gasteiger partial charge in [0.2, 0.25) is 5.91 Å². The van der Waals surface area contributed by atoms with E-state index >= 15 is 0 Å². The van der Waals surface area contributed by atoms with Gasteiger partial charge in [-0.1, -0.05) is 48.5 Å². The number of thioether (sulfide) groups is 1. The Labute approximate surface area is 159 Å². The number of hydrogen-bond donors (Lipinski definition) is 0. The van der Waals surface area contributed by atoms with Crippen molar-refractivity contribution in [2.75, 3.05) is 5.75 Å². The second-order valence-electron chi connectivity index (χ2n) is 7.25. The van der Waals surface area contributed by atoms with Crippen LogP contribution in [0, 0.1) is 0 Å². The van der Waals surface area contributed by atoms with Crippen molar-refractivity contribution in [1.82, 2.24) is 9.88 Å². The Balaban J connectivity index is 1.75. The Morgan fingerprint density at radius 1 is 1.00 bits per heavy atom. The summed E-state index contributed by atoms with van der Waals surface area (Å²) in [7, 11) is 0. The molecule has 1 heterocycles. The summed E-state index contributed by atoms with van der Waals surface area (Å²) < 4.78 is 0. The Hall–Kier alpha value is -2.33. The quantitative estimate of drug-likeness (QED) is 0.587. The molecule has 0 saturated heterocycles. The first kappa shape index (κ1) is 18.5. The van der Waals surface area contributed by atoms with Crippen molar-refractivity contribution in [2.24, 2.45) is 0 Å². The topological polar surface area (TPSA) is 33.2 Å². The first-order valence-electron chi connectivity index (χ1n) is 8.76. The van der Waals surface area contributed by atoms with E-state index in [4.69, 9.17) is 0 Å². The molecule has 0 saturated carbocycles. The first-order valence-corrected chi connectivity index (χ1v) is 9.74. The molecule has 1 aromatic heterocycles. The zero-order valence-corrected chi connectivity index (χ0v) is 16.3. The zero-order valence-electron chi connectivity index (χ0n) is 15.5. The van der Waals surface area contributed by atoms with Gasteiger partial charge in [0.05, 0.1) is 11.3 Å². The van der Waals surface area contributed by atoms with Crippen LogP contribution in [0.25, 0.3) is 10.9 Å². The Kier molecular flexibility index (Phi) is 5.62. The van der Waals surface area contributed by atoms with Crippen LogP contribution in [-0.4, -0.2) is 27.1 Å². The molecule has 4 heteroatoms. The maximum absolute atomic E-state index is 13.0. The number of carbonyl (C=O) groups excluding carboxylic acids is 1. The normalized spacial score (nSPS) is 11.5. The number of fused-ring (bicyclic) bond motifs is 1. The average Bonchev–Trinajstić information content (AvgIpc) is 2.64. The third-order valence-electron chi connectivity index (χ3n) is 4.25. The largest absolute Gasteiger partial charge is 0.333 e. The molecular weight excluding hydrogens is 340 g/mol. The zero-order chi connectivity index (χ0) is 18.6. The highest BCUT2D eigenvalue weighted by Crippen LogP contribution is 2.28. The molecule has 134 valence electrons. The summed E-state index contributed by atoms with van der Waals surface area (Å²) in [6, 6.07) is 20.2. The number of aromatic nitrogens is 1. The van der Waals surface area contributed by atoms with Crippen LogP contribution in [0.2, 0.25) is 0 Å². The number of para-hydroxylation sites is 1. The molecule has 0 bridgehead atoms. The number of hydrogen-bond acceptors (Lipinski definition) is 3. The molecule has 0 atom stereocenters. The molecule has 0 fully saturated rings. The fourth-order valence-corrected chi connectivity index (χ4v) is 3.80. The van der Waals surface area contributed by atoms with Crippen LogP contribution < -0.4 is 0 Å². The molecular formula is C22H24N2OS. The highest BCUT2D eigenvalue weighted by atomic mass is 32.2. The molecule has 3 aromatic rings. The minimum atomic E-state index is -0.228. The van der Waals surface area contributed by atoms with Crippen LogP contribution in [-0.2, 0) is 11.3 Å². The number of rotatable bonds is 5. The molecule has 0 radical (unpaired) electrons. The molecule has 0 unspecified atom stereocenters. The summed E-state index contributed by atoms with van der Waals surface area (Å²) in [6.45, 7) is 6.88. The van der Waals surface area contributed by atoms with Gasteiger partial charge in [-0.2, -0.15) is 0 Å². The molecule has 3 nitrogen and oxygen atoms in total. The summed E-state index contributed by atoms with van der Waals surface area (Å²) >= 11 is 1.58. The van der Waals surface area contributed by atoms with Gasteiger partial charge in [-0.3, -0.25) is 9.78 Å². The fraction of sp³-hybridized carbons (Fsp3) is 0.273. The minimum Gasteiger partial charge on any atom is -0.333 e. The van der Waals surface area contributed by atoms with Crippen molar-refractivity contribution < 1.29 is 4.79 Å². The summed E-state index contributed by atoms with van der Waals surface area (Å²) in [6.07, 6.45) is 1.81. The number of carbonyl (C=O) groups is 1. The maximum atomic E-state index is 13.0. The lowest BCUT2D eigenvalue weighted by Gasteiger charge is -2.36. The predicted molar refractivity (Wildman–Crippen MR) is 109 cm³/mol. The Bertz CT molecular complexity index is 882. The van der Waals surface area contributed by atoms with Crippen molar-refractivity contribution >= 4 is 28.6 Å². The van der Waals surface area contributed by atoms with E-state index in [-0.39, 0.29) is 11.4 Å². The second kappa shape index (κ2) is 7.92. The van der Waals surface area contributed by atoms with E-state index in [1.54, 1.807) is 18.0 Å². The number of benzene rings is 2. The van der Waals surface area contributed by atoms with Crippen LogP contribution in [0.5, 0.6) is 0 Å². The standard InChI is InChI=1S/C22H24N2OS/c1-22(2,3)24(15-17-9-5-4-6-10-17)21(25)16-26-20-13-14-23-19-12-8-7-11-18(19)20/h4-14H,15-16H2,1-3H3. The van der Waals surface area contributed by atoms with Crippen LogP contribution in [0.15, 0.2) is 71.8 Å². The monoisotopic (exact) mass is 364 g/mol. The van der Waals surface area contributed by atoms with Gasteiger partial charge in [0, 0.05) is 28.6 Å². The van der Waals surface area contributed by atoms with Gasteiger partial charge in [0.1, 0.15) is 0 Å². The van der Waals surface area contributed by atoms with Crippen molar-refractivity contribution in [2.45, 2.75) is 37.8 Å². The van der Waals surface area contributed by atoms with E-state index in [1.165, 1.54) is 0 Å². The summed E-state index contributed by atoms with van der Waals surface area (Å²) in [5.41, 5.74) is 1.88. The molecule has 3 rings (SSSR count). The lowest BCUT2D eigenvalue weighted by atomic mass is 10.0. The molecule has 0 aliphatic heterocycles. The highest BCUT2D eigenvalue weighted by molar-refractivity contribution is 8.00. The maximum Gasteiger partial charge on any atom is 0.233 e. The summed E-state index contributed by atoms with van der Waals surface area (Å²) in [5.74, 6) is 0.560. The van der Waals surface area contributed by atoms with Crippen LogP contribution in [0.3, 0.4) is 0 Å². The molecule has 0 aliphatic rings. The van der Waals surface area contributed by atoms with Crippen LogP contribution in [0.1, 0.15) is 26.3 Å². The van der Waals surface area contributed by atoms with Crippen molar-refractivity contribution in [3.05, 3.63) is 72.4 Å². The van der Waals surface area contributed by atoms with E-state index in [0.29, 0.717) is 12.3 Å². The van der Waals surface area contributed by atoms with E-state index < -0.39 is 0 Å². The fourth-order valence-electron chi connectivity index (χ4n) is 2.88. The summed E-state index contributed by atoms with van der Waals surface area (Å²) in [4.78, 5) is 20.4. The number of pyridine rings is 1. The molecule has 1 amide bonds. The van der Waals surface area contributed by atoms with Gasteiger partial charge in [-0.25, -0.2) is 0 Å². The van der Waals surface area contributed by atoms with Gasteiger partial charge in [-0.05, 0) is 38.5 Å². The Morgan fingerprint density at radius 3 is 2.42 bits per heavy atom. The number of nitrogens with zero attached hydrogens (tertiary/aromatic N) is 2. The van der Waals surface area contributed by atoms with Crippen molar-refractivity contribution in [1.29, 1.82) is 0 Å². The molecule has 0 N–H and O–H groups in total. The predicted octanol–water partition coefficient (Wildman–Crippen LogP) is 5.15. The SMILES string of the molecule is CC(C)(C)N(Cc1ccccc1)C(=O)CSc1ccnc2ccccc12. The van der Waals surface area contributed by atoms with Crippen molar-refractivity contribution in [3.8, 4) is 0 Å². The van der Waals surface area contributed by atoms with Crippen LogP contribution in [0.4, 0.5) is 0 Å². The van der Waals surface area contributed by atoms with Gasteiger partial charge in [-0.15, -0.1) is 11.8 Å². The Morgan fingerprint density at radius 2 is 1.69 bits per heavy atom. The average molecular weight is 365 g/mol. The van der Waals surface area contributed by atoms with Gasteiger partial charge >= 0.3 is 0 Å². The lowest BCUT2D eigenvalue weighted by Crippen LogP contribution is -2.45. The molecule has 0 spiro atoms. The first-order chi connectivity index (χ1) is 12.4. The molecule has 2 aromatic carbocycles. The third-order valence-corrected chi connectivity index (χ3v) is 5.31. The molecule has 0 aliphatic carbocycles. The van der Waals surface area contributed by atoms with Gasteiger partial charge in [0.25, 0.3) is 0 Å². The second-order valence-corrected chi connectivity index (χ2v) is 8.27. The highest BCUT2D eigenvalue weighted by Gasteiger charge is 2.26. The van der Waals surface area contributed by atoms with Gasteiger partial charge in [0.15, 0.2) is 0 Å². The smallest absolute Gasteiger partial charge is 0.233 e. The van der Waals surface area contributed by atoms with Crippen LogP contribution >= 0.6 is 11.8 Å². The number of amides is 1. The van der Waals surface area contributed by atoms with Gasteiger partial charge < -0.3 is 4.90 Å². The van der Waals surface area contributed by atoms with E-state index in [2.05, 4.69) is 44.0 Å². The third kappa shape index (κ3) is 4.44. The van der Waals surface area contributed by atoms with E-state index in [1.807, 2.05) is 47.4 Å². The van der Waals surface area contributed by atoms with E-state index in [9.17, 15) is 4.79 Å². The molecule has 26 heavy (non-hydrogen) atoms.